The number of fused-ring (bicyclic) bond motifs is 1. The molecule has 9 heteroatoms. The van der Waals surface area contributed by atoms with Gasteiger partial charge in [-0.05, 0) is 30.3 Å². The van der Waals surface area contributed by atoms with Crippen LogP contribution in [0.4, 0.5) is 5.69 Å². The van der Waals surface area contributed by atoms with Gasteiger partial charge in [0.25, 0.3) is 11.6 Å². The number of phenolic OH excluding ortho intramolecular Hbond substituents is 1. The van der Waals surface area contributed by atoms with Crippen LogP contribution in [0.2, 0.25) is 0 Å². The van der Waals surface area contributed by atoms with Crippen LogP contribution in [-0.4, -0.2) is 27.3 Å². The van der Waals surface area contributed by atoms with Gasteiger partial charge in [0, 0.05) is 23.1 Å². The summed E-state index contributed by atoms with van der Waals surface area (Å²) < 4.78 is 16.3. The molecule has 2 aromatic heterocycles. The maximum Gasteiger partial charge on any atom is 0.283 e. The average molecular weight is 353 g/mol. The van der Waals surface area contributed by atoms with E-state index in [1.54, 1.807) is 18.2 Å². The van der Waals surface area contributed by atoms with Gasteiger partial charge in [0.15, 0.2) is 17.3 Å². The Balaban J connectivity index is 1.72. The van der Waals surface area contributed by atoms with E-state index < -0.39 is 4.92 Å². The zero-order valence-corrected chi connectivity index (χ0v) is 13.4. The van der Waals surface area contributed by atoms with E-state index in [0.29, 0.717) is 22.3 Å². The molecule has 0 aliphatic rings. The summed E-state index contributed by atoms with van der Waals surface area (Å²) in [6, 6.07) is 10.5. The van der Waals surface area contributed by atoms with Crippen LogP contribution in [0.3, 0.4) is 0 Å². The lowest BCUT2D eigenvalue weighted by atomic mass is 10.2. The Morgan fingerprint density at radius 1 is 1.08 bits per heavy atom. The monoisotopic (exact) mass is 353 g/mol. The number of hydrogen-bond acceptors (Lipinski definition) is 8. The minimum absolute atomic E-state index is 0.00475. The number of furan rings is 1. The van der Waals surface area contributed by atoms with Crippen LogP contribution in [0.25, 0.3) is 34.1 Å². The fraction of sp³-hybridized carbons (Fsp3) is 0.0588. The number of methoxy groups -OCH3 is 1. The summed E-state index contributed by atoms with van der Waals surface area (Å²) >= 11 is 0. The maximum absolute atomic E-state index is 10.9. The average Bonchev–Trinajstić information content (AvgIpc) is 3.28. The van der Waals surface area contributed by atoms with Gasteiger partial charge >= 0.3 is 0 Å². The number of phenols is 1. The number of aromatic nitrogens is 2. The molecule has 0 amide bonds. The van der Waals surface area contributed by atoms with Crippen LogP contribution in [-0.2, 0) is 0 Å². The molecule has 4 aromatic rings. The number of non-ortho nitro benzene ring substituents is 1. The topological polar surface area (TPSA) is 125 Å². The smallest absolute Gasteiger partial charge is 0.283 e. The largest absolute Gasteiger partial charge is 0.504 e. The summed E-state index contributed by atoms with van der Waals surface area (Å²) in [6.07, 6.45) is 0. The second kappa shape index (κ2) is 5.88. The number of benzene rings is 2. The first-order valence-corrected chi connectivity index (χ1v) is 7.44. The van der Waals surface area contributed by atoms with Crippen LogP contribution in [0, 0.1) is 10.1 Å². The van der Waals surface area contributed by atoms with Gasteiger partial charge in [-0.2, -0.15) is 0 Å². The Morgan fingerprint density at radius 3 is 2.65 bits per heavy atom. The van der Waals surface area contributed by atoms with Crippen molar-refractivity contribution in [2.24, 2.45) is 0 Å². The van der Waals surface area contributed by atoms with Crippen molar-refractivity contribution in [3.05, 3.63) is 52.6 Å². The molecule has 0 fully saturated rings. The Hall–Kier alpha value is -3.88. The van der Waals surface area contributed by atoms with Gasteiger partial charge in [0.2, 0.25) is 5.89 Å². The Labute approximate surface area is 145 Å². The number of nitro benzene ring substituents is 1. The Bertz CT molecular complexity index is 1130. The molecule has 4 rings (SSSR count). The van der Waals surface area contributed by atoms with E-state index in [1.807, 2.05) is 0 Å². The molecule has 2 aromatic carbocycles. The van der Waals surface area contributed by atoms with Gasteiger partial charge in [-0.1, -0.05) is 0 Å². The van der Waals surface area contributed by atoms with Gasteiger partial charge in [0.05, 0.1) is 12.0 Å². The van der Waals surface area contributed by atoms with Crippen LogP contribution in [0.1, 0.15) is 0 Å². The summed E-state index contributed by atoms with van der Waals surface area (Å²) in [5.41, 5.74) is 0.994. The first kappa shape index (κ1) is 15.6. The molecule has 0 aliphatic carbocycles. The minimum Gasteiger partial charge on any atom is -0.504 e. The fourth-order valence-corrected chi connectivity index (χ4v) is 2.50. The van der Waals surface area contributed by atoms with E-state index in [9.17, 15) is 15.2 Å². The van der Waals surface area contributed by atoms with Crippen molar-refractivity contribution in [3.63, 3.8) is 0 Å². The molecule has 0 saturated heterocycles. The number of hydrogen-bond donors (Lipinski definition) is 1. The SMILES string of the molecule is COc1cc(-c2nnc(-c3cc4cc([N+](=O)[O-])ccc4o3)o2)ccc1O. The van der Waals surface area contributed by atoms with Crippen LogP contribution in [0.15, 0.2) is 51.3 Å². The number of rotatable bonds is 4. The molecule has 26 heavy (non-hydrogen) atoms. The molecule has 0 aliphatic heterocycles. The summed E-state index contributed by atoms with van der Waals surface area (Å²) in [5, 5.41) is 29.0. The zero-order valence-electron chi connectivity index (χ0n) is 13.4. The van der Waals surface area contributed by atoms with Gasteiger partial charge < -0.3 is 18.7 Å². The minimum atomic E-state index is -0.477. The lowest BCUT2D eigenvalue weighted by molar-refractivity contribution is -0.384. The fourth-order valence-electron chi connectivity index (χ4n) is 2.50. The number of nitro groups is 1. The molecule has 130 valence electrons. The van der Waals surface area contributed by atoms with E-state index in [4.69, 9.17) is 13.6 Å². The molecule has 0 spiro atoms. The molecule has 0 bridgehead atoms. The van der Waals surface area contributed by atoms with Crippen molar-refractivity contribution in [1.29, 1.82) is 0 Å². The maximum atomic E-state index is 10.9. The second-order valence-corrected chi connectivity index (χ2v) is 5.39. The molecular weight excluding hydrogens is 342 g/mol. The standard InChI is InChI=1S/C17H11N3O6/c1-24-14-7-9(2-4-12(14)21)16-18-19-17(26-16)15-8-10-6-11(20(22)23)3-5-13(10)25-15/h2-8,21H,1H3. The quantitative estimate of drug-likeness (QED) is 0.434. The van der Waals surface area contributed by atoms with E-state index in [1.165, 1.54) is 31.4 Å². The summed E-state index contributed by atoms with van der Waals surface area (Å²) in [5.74, 6) is 0.911. The van der Waals surface area contributed by atoms with Crippen molar-refractivity contribution >= 4 is 16.7 Å². The molecule has 2 heterocycles. The van der Waals surface area contributed by atoms with E-state index >= 15 is 0 Å². The first-order valence-electron chi connectivity index (χ1n) is 7.44. The third-order valence-electron chi connectivity index (χ3n) is 3.77. The number of aromatic hydroxyl groups is 1. The second-order valence-electron chi connectivity index (χ2n) is 5.39. The molecule has 0 unspecified atom stereocenters. The third-order valence-corrected chi connectivity index (χ3v) is 3.77. The predicted molar refractivity (Wildman–Crippen MR) is 89.8 cm³/mol. The van der Waals surface area contributed by atoms with E-state index in [0.717, 1.165) is 0 Å². The number of ether oxygens (including phenoxy) is 1. The highest BCUT2D eigenvalue weighted by atomic mass is 16.6. The van der Waals surface area contributed by atoms with Gasteiger partial charge in [-0.25, -0.2) is 0 Å². The molecule has 0 radical (unpaired) electrons. The molecule has 0 atom stereocenters. The molecular formula is C17H11N3O6. The molecule has 1 N–H and O–H groups in total. The van der Waals surface area contributed by atoms with Crippen molar-refractivity contribution in [2.45, 2.75) is 0 Å². The van der Waals surface area contributed by atoms with Crippen LogP contribution < -0.4 is 4.74 Å². The van der Waals surface area contributed by atoms with Crippen molar-refractivity contribution in [2.75, 3.05) is 7.11 Å². The highest BCUT2D eigenvalue weighted by molar-refractivity contribution is 5.83. The van der Waals surface area contributed by atoms with Crippen LogP contribution in [0.5, 0.6) is 11.5 Å². The van der Waals surface area contributed by atoms with Crippen molar-refractivity contribution in [1.82, 2.24) is 10.2 Å². The van der Waals surface area contributed by atoms with Gasteiger partial charge in [-0.15, -0.1) is 10.2 Å². The summed E-state index contributed by atoms with van der Waals surface area (Å²) in [6.45, 7) is 0. The highest BCUT2D eigenvalue weighted by Gasteiger charge is 2.17. The van der Waals surface area contributed by atoms with E-state index in [2.05, 4.69) is 10.2 Å². The lowest BCUT2D eigenvalue weighted by Gasteiger charge is -2.03. The Kier molecular flexibility index (Phi) is 3.54. The molecule has 9 nitrogen and oxygen atoms in total. The predicted octanol–water partition coefficient (Wildman–Crippen LogP) is 3.77. The third kappa shape index (κ3) is 2.61. The van der Waals surface area contributed by atoms with Crippen molar-refractivity contribution in [3.8, 4) is 34.6 Å². The summed E-state index contributed by atoms with van der Waals surface area (Å²) in [4.78, 5) is 10.4. The summed E-state index contributed by atoms with van der Waals surface area (Å²) in [7, 11) is 1.44. The van der Waals surface area contributed by atoms with Crippen molar-refractivity contribution < 1.29 is 23.6 Å². The van der Waals surface area contributed by atoms with E-state index in [-0.39, 0.29) is 29.0 Å². The van der Waals surface area contributed by atoms with Gasteiger partial charge in [-0.3, -0.25) is 10.1 Å². The lowest BCUT2D eigenvalue weighted by Crippen LogP contribution is -1.85. The highest BCUT2D eigenvalue weighted by Crippen LogP contribution is 2.33. The zero-order chi connectivity index (χ0) is 18.3. The van der Waals surface area contributed by atoms with Crippen LogP contribution >= 0.6 is 0 Å². The first-order chi connectivity index (χ1) is 12.5. The van der Waals surface area contributed by atoms with Gasteiger partial charge in [0.1, 0.15) is 5.58 Å². The normalized spacial score (nSPS) is 11.0. The molecule has 0 saturated carbocycles. The number of nitrogens with zero attached hydrogens (tertiary/aromatic N) is 3. The Morgan fingerprint density at radius 2 is 1.88 bits per heavy atom.